The first kappa shape index (κ1) is 21.1. The molecule has 1 spiro atoms. The molecule has 0 bridgehead atoms. The molecule has 10 heteroatoms. The lowest BCUT2D eigenvalue weighted by Gasteiger charge is -2.40. The maximum atomic E-state index is 13.2. The molecule has 4 aromatic rings. The Bertz CT molecular complexity index is 1370. The Kier molecular flexibility index (Phi) is 4.53. The van der Waals surface area contributed by atoms with E-state index in [0.717, 1.165) is 56.2 Å². The summed E-state index contributed by atoms with van der Waals surface area (Å²) in [5, 5.41) is 8.11. The van der Waals surface area contributed by atoms with Gasteiger partial charge < -0.3 is 4.90 Å². The van der Waals surface area contributed by atoms with Gasteiger partial charge in [-0.1, -0.05) is 6.07 Å². The third kappa shape index (κ3) is 3.26. The molecule has 176 valence electrons. The number of rotatable bonds is 2. The molecule has 1 fully saturated rings. The quantitative estimate of drug-likeness (QED) is 0.441. The average Bonchev–Trinajstić information content (AvgIpc) is 3.50. The molecule has 34 heavy (non-hydrogen) atoms. The van der Waals surface area contributed by atoms with Gasteiger partial charge in [0.25, 0.3) is 0 Å². The maximum Gasteiger partial charge on any atom is 0.435 e. The molecule has 0 atom stereocenters. The van der Waals surface area contributed by atoms with Crippen molar-refractivity contribution >= 4 is 11.3 Å². The number of anilines is 1. The van der Waals surface area contributed by atoms with E-state index in [4.69, 9.17) is 4.98 Å². The fourth-order valence-corrected chi connectivity index (χ4v) is 5.59. The van der Waals surface area contributed by atoms with Crippen LogP contribution < -0.4 is 4.90 Å². The Morgan fingerprint density at radius 2 is 1.85 bits per heavy atom. The van der Waals surface area contributed by atoms with Crippen LogP contribution in [0.5, 0.6) is 0 Å². The highest BCUT2D eigenvalue weighted by atomic mass is 19.4. The zero-order chi connectivity index (χ0) is 23.7. The highest BCUT2D eigenvalue weighted by Gasteiger charge is 2.41. The van der Waals surface area contributed by atoms with Crippen LogP contribution in [0.3, 0.4) is 0 Å². The molecule has 2 aliphatic rings. The van der Waals surface area contributed by atoms with Crippen LogP contribution in [0.15, 0.2) is 36.7 Å². The van der Waals surface area contributed by atoms with Gasteiger partial charge in [0.2, 0.25) is 0 Å². The predicted octanol–water partition coefficient (Wildman–Crippen LogP) is 4.24. The molecule has 0 aromatic carbocycles. The minimum absolute atomic E-state index is 0.251. The number of halogens is 3. The van der Waals surface area contributed by atoms with Crippen molar-refractivity contribution in [1.82, 2.24) is 29.4 Å². The summed E-state index contributed by atoms with van der Waals surface area (Å²) in [6, 6.07) is 7.12. The summed E-state index contributed by atoms with van der Waals surface area (Å²) in [7, 11) is 1.51. The summed E-state index contributed by atoms with van der Waals surface area (Å²) in [6.07, 6.45) is 3.20. The van der Waals surface area contributed by atoms with Crippen molar-refractivity contribution in [3.63, 3.8) is 0 Å². The van der Waals surface area contributed by atoms with Gasteiger partial charge in [0.1, 0.15) is 11.2 Å². The number of piperidine rings is 1. The van der Waals surface area contributed by atoms with Gasteiger partial charge >= 0.3 is 6.18 Å². The number of nitrogens with zero attached hydrogens (tertiary/aromatic N) is 7. The number of pyridine rings is 1. The van der Waals surface area contributed by atoms with Crippen molar-refractivity contribution < 1.29 is 13.2 Å². The van der Waals surface area contributed by atoms with Gasteiger partial charge in [0.05, 0.1) is 17.6 Å². The molecule has 0 saturated carbocycles. The van der Waals surface area contributed by atoms with E-state index in [9.17, 15) is 13.2 Å². The Morgan fingerprint density at radius 3 is 2.56 bits per heavy atom. The van der Waals surface area contributed by atoms with Gasteiger partial charge in [0.15, 0.2) is 11.5 Å². The molecule has 1 saturated heterocycles. The van der Waals surface area contributed by atoms with E-state index in [1.165, 1.54) is 23.0 Å². The highest BCUT2D eigenvalue weighted by Crippen LogP contribution is 2.45. The van der Waals surface area contributed by atoms with Gasteiger partial charge in [0, 0.05) is 32.0 Å². The molecule has 4 aromatic heterocycles. The lowest BCUT2D eigenvalue weighted by Crippen LogP contribution is -2.41. The molecule has 0 radical (unpaired) electrons. The van der Waals surface area contributed by atoms with Gasteiger partial charge in [-0.05, 0) is 61.8 Å². The Morgan fingerprint density at radius 1 is 1.06 bits per heavy atom. The second-order valence-corrected chi connectivity index (χ2v) is 9.48. The number of alkyl halides is 3. The molecule has 1 aliphatic carbocycles. The third-order valence-corrected chi connectivity index (χ3v) is 7.33. The lowest BCUT2D eigenvalue weighted by atomic mass is 9.76. The van der Waals surface area contributed by atoms with Gasteiger partial charge in [-0.15, -0.1) is 0 Å². The van der Waals surface area contributed by atoms with Crippen LogP contribution in [-0.4, -0.2) is 42.5 Å². The summed E-state index contributed by atoms with van der Waals surface area (Å²) in [6.45, 7) is 3.54. The second kappa shape index (κ2) is 7.28. The summed E-state index contributed by atoms with van der Waals surface area (Å²) >= 11 is 0. The first-order valence-electron chi connectivity index (χ1n) is 11.4. The molecule has 0 N–H and O–H groups in total. The molecule has 7 nitrogen and oxygen atoms in total. The van der Waals surface area contributed by atoms with Crippen LogP contribution in [0, 0.1) is 12.3 Å². The molecule has 6 rings (SSSR count). The summed E-state index contributed by atoms with van der Waals surface area (Å²) in [5.74, 6) is 0.820. The number of fused-ring (bicyclic) bond motifs is 2. The van der Waals surface area contributed by atoms with Gasteiger partial charge in [-0.2, -0.15) is 23.4 Å². The number of aryl methyl sites for hydroxylation is 2. The topological polar surface area (TPSA) is 64.1 Å². The largest absolute Gasteiger partial charge is 0.435 e. The molecular weight excluding hydrogens is 443 g/mol. The normalized spacial score (nSPS) is 17.6. The maximum absolute atomic E-state index is 13.2. The van der Waals surface area contributed by atoms with E-state index in [1.807, 2.05) is 25.3 Å². The van der Waals surface area contributed by atoms with Crippen molar-refractivity contribution in [2.45, 2.75) is 38.8 Å². The van der Waals surface area contributed by atoms with E-state index >= 15 is 0 Å². The fraction of sp³-hybridized carbons (Fsp3) is 0.417. The zero-order valence-corrected chi connectivity index (χ0v) is 19.0. The molecule has 0 unspecified atom stereocenters. The first-order chi connectivity index (χ1) is 16.2. The Labute approximate surface area is 194 Å². The first-order valence-corrected chi connectivity index (χ1v) is 11.4. The van der Waals surface area contributed by atoms with Gasteiger partial charge in [-0.25, -0.2) is 9.50 Å². The number of aromatic nitrogens is 6. The molecule has 1 aliphatic heterocycles. The fourth-order valence-electron chi connectivity index (χ4n) is 5.59. The second-order valence-electron chi connectivity index (χ2n) is 9.48. The van der Waals surface area contributed by atoms with Crippen LogP contribution in [0.25, 0.3) is 16.9 Å². The van der Waals surface area contributed by atoms with E-state index in [1.54, 1.807) is 10.7 Å². The Balaban J connectivity index is 1.32. The predicted molar refractivity (Wildman–Crippen MR) is 120 cm³/mol. The van der Waals surface area contributed by atoms with E-state index < -0.39 is 11.9 Å². The molecular formula is C24H24F3N7. The minimum atomic E-state index is -4.51. The average molecular weight is 467 g/mol. The van der Waals surface area contributed by atoms with Crippen molar-refractivity contribution in [2.24, 2.45) is 12.5 Å². The Hall–Kier alpha value is -3.43. The van der Waals surface area contributed by atoms with Gasteiger partial charge in [-0.3, -0.25) is 9.67 Å². The van der Waals surface area contributed by atoms with Crippen LogP contribution in [-0.2, 0) is 26.1 Å². The third-order valence-electron chi connectivity index (χ3n) is 7.33. The molecule has 5 heterocycles. The number of hydrogen-bond acceptors (Lipinski definition) is 5. The zero-order valence-electron chi connectivity index (χ0n) is 19.0. The SMILES string of the molecule is Cc1nc(N2CCC3(CC2)Cc2cccnc2C3)c2ccnn2c1-c1cc(C(F)(F)F)nn1C. The standard InChI is InChI=1S/C24H24F3N7/c1-15-21(19-12-20(24(25,26)27)31-32(19)2)34-18(5-9-29-34)22(30-15)33-10-6-23(7-11-33)13-16-4-3-8-28-17(16)14-23/h3-5,8-9,12H,6-7,10-11,13-14H2,1-2H3. The monoisotopic (exact) mass is 467 g/mol. The van der Waals surface area contributed by atoms with Crippen molar-refractivity contribution in [3.8, 4) is 11.4 Å². The smallest absolute Gasteiger partial charge is 0.355 e. The number of hydrogen-bond donors (Lipinski definition) is 0. The van der Waals surface area contributed by atoms with E-state index in [0.29, 0.717) is 17.1 Å². The summed E-state index contributed by atoms with van der Waals surface area (Å²) in [4.78, 5) is 11.7. The van der Waals surface area contributed by atoms with Crippen LogP contribution >= 0.6 is 0 Å². The summed E-state index contributed by atoms with van der Waals surface area (Å²) in [5.41, 5.74) is 4.14. The van der Waals surface area contributed by atoms with Crippen molar-refractivity contribution in [3.05, 3.63) is 59.3 Å². The van der Waals surface area contributed by atoms with Crippen LogP contribution in [0.1, 0.15) is 35.5 Å². The van der Waals surface area contributed by atoms with E-state index in [-0.39, 0.29) is 5.41 Å². The van der Waals surface area contributed by atoms with Crippen LogP contribution in [0.2, 0.25) is 0 Å². The minimum Gasteiger partial charge on any atom is -0.355 e. The van der Waals surface area contributed by atoms with Crippen molar-refractivity contribution in [1.29, 1.82) is 0 Å². The van der Waals surface area contributed by atoms with Crippen LogP contribution in [0.4, 0.5) is 19.0 Å². The highest BCUT2D eigenvalue weighted by molar-refractivity contribution is 5.74. The molecule has 0 amide bonds. The van der Waals surface area contributed by atoms with E-state index in [2.05, 4.69) is 26.1 Å². The summed E-state index contributed by atoms with van der Waals surface area (Å²) < 4.78 is 42.7. The lowest BCUT2D eigenvalue weighted by molar-refractivity contribution is -0.141. The van der Waals surface area contributed by atoms with Crippen molar-refractivity contribution in [2.75, 3.05) is 18.0 Å².